The first-order valence-corrected chi connectivity index (χ1v) is 11.0. The number of hydrogen-bond acceptors (Lipinski definition) is 5. The lowest BCUT2D eigenvalue weighted by molar-refractivity contribution is 0.292. The van der Waals surface area contributed by atoms with Gasteiger partial charge in [0, 0.05) is 31.9 Å². The Morgan fingerprint density at radius 3 is 2.34 bits per heavy atom. The molecule has 0 aliphatic rings. The van der Waals surface area contributed by atoms with Gasteiger partial charge in [-0.25, -0.2) is 4.98 Å². The van der Waals surface area contributed by atoms with Gasteiger partial charge in [-0.1, -0.05) is 19.9 Å². The van der Waals surface area contributed by atoms with Crippen LogP contribution in [0.2, 0.25) is 0 Å². The molecule has 2 aromatic rings. The van der Waals surface area contributed by atoms with Crippen LogP contribution in [0.25, 0.3) is 0 Å². The molecule has 0 saturated carbocycles. The van der Waals surface area contributed by atoms with E-state index in [0.717, 1.165) is 49.1 Å². The van der Waals surface area contributed by atoms with Crippen LogP contribution in [0.1, 0.15) is 39.2 Å². The molecular weight excluding hydrogens is 517 g/mol. The van der Waals surface area contributed by atoms with Gasteiger partial charge in [-0.2, -0.15) is 0 Å². The van der Waals surface area contributed by atoms with E-state index >= 15 is 0 Å². The molecule has 7 nitrogen and oxygen atoms in total. The zero-order valence-electron chi connectivity index (χ0n) is 19.9. The van der Waals surface area contributed by atoms with E-state index in [9.17, 15) is 0 Å². The number of methoxy groups -OCH3 is 1. The standard InChI is InChI=1S/C24H37N5O2.HI/c1-6-29(7-2)16-8-9-19(3)28-24(25-4)27-18-20-10-15-23(26-17-20)31-22-13-11-21(30-5)12-14-22;/h10-15,17,19H,6-9,16,18H2,1-5H3,(H2,25,27,28);1H. The van der Waals surface area contributed by atoms with Crippen molar-refractivity contribution < 1.29 is 9.47 Å². The van der Waals surface area contributed by atoms with Crippen molar-refractivity contribution in [3.8, 4) is 17.4 Å². The molecule has 0 saturated heterocycles. The van der Waals surface area contributed by atoms with Crippen molar-refractivity contribution >= 4 is 29.9 Å². The van der Waals surface area contributed by atoms with Crippen molar-refractivity contribution in [3.05, 3.63) is 48.2 Å². The Hall–Kier alpha value is -2.07. The fourth-order valence-electron chi connectivity index (χ4n) is 3.19. The molecule has 1 unspecified atom stereocenters. The highest BCUT2D eigenvalue weighted by Crippen LogP contribution is 2.22. The molecule has 0 amide bonds. The molecule has 0 aliphatic heterocycles. The second kappa shape index (κ2) is 15.7. The SMILES string of the molecule is CCN(CC)CCCC(C)NC(=NC)NCc1ccc(Oc2ccc(OC)cc2)nc1.I. The number of halogens is 1. The Balaban J connectivity index is 0.00000512. The molecule has 178 valence electrons. The van der Waals surface area contributed by atoms with Crippen LogP contribution in [0, 0.1) is 0 Å². The summed E-state index contributed by atoms with van der Waals surface area (Å²) < 4.78 is 10.9. The molecule has 0 aliphatic carbocycles. The van der Waals surface area contributed by atoms with Crippen LogP contribution in [-0.4, -0.2) is 55.7 Å². The molecule has 1 aromatic carbocycles. The summed E-state index contributed by atoms with van der Waals surface area (Å²) in [5.74, 6) is 2.87. The van der Waals surface area contributed by atoms with E-state index in [1.165, 1.54) is 6.42 Å². The number of aliphatic imine (C=N–C) groups is 1. The Kier molecular flexibility index (Phi) is 13.7. The molecule has 1 heterocycles. The Morgan fingerprint density at radius 1 is 1.09 bits per heavy atom. The van der Waals surface area contributed by atoms with Crippen molar-refractivity contribution in [2.45, 2.75) is 46.2 Å². The summed E-state index contributed by atoms with van der Waals surface area (Å²) in [6.45, 7) is 10.6. The molecule has 8 heteroatoms. The molecule has 0 fully saturated rings. The smallest absolute Gasteiger partial charge is 0.219 e. The van der Waals surface area contributed by atoms with Gasteiger partial charge in [0.15, 0.2) is 5.96 Å². The highest BCUT2D eigenvalue weighted by molar-refractivity contribution is 14.0. The maximum absolute atomic E-state index is 5.78. The van der Waals surface area contributed by atoms with Crippen LogP contribution in [0.15, 0.2) is 47.6 Å². The van der Waals surface area contributed by atoms with Crippen molar-refractivity contribution in [2.24, 2.45) is 4.99 Å². The first-order valence-electron chi connectivity index (χ1n) is 11.0. The fraction of sp³-hybridized carbons (Fsp3) is 0.500. The van der Waals surface area contributed by atoms with Crippen LogP contribution in [0.5, 0.6) is 17.4 Å². The minimum atomic E-state index is 0. The number of benzene rings is 1. The summed E-state index contributed by atoms with van der Waals surface area (Å²) in [6, 6.07) is 11.7. The highest BCUT2D eigenvalue weighted by Gasteiger charge is 2.07. The third kappa shape index (κ3) is 10.0. The number of aromatic nitrogens is 1. The van der Waals surface area contributed by atoms with E-state index in [4.69, 9.17) is 9.47 Å². The van der Waals surface area contributed by atoms with E-state index in [-0.39, 0.29) is 24.0 Å². The van der Waals surface area contributed by atoms with Crippen LogP contribution in [0.4, 0.5) is 0 Å². The summed E-state index contributed by atoms with van der Waals surface area (Å²) in [6.07, 6.45) is 4.09. The average Bonchev–Trinajstić information content (AvgIpc) is 2.81. The monoisotopic (exact) mass is 555 g/mol. The Labute approximate surface area is 210 Å². The van der Waals surface area contributed by atoms with E-state index < -0.39 is 0 Å². The third-order valence-electron chi connectivity index (χ3n) is 5.15. The quantitative estimate of drug-likeness (QED) is 0.225. The summed E-state index contributed by atoms with van der Waals surface area (Å²) in [5.41, 5.74) is 1.05. The molecular formula is C24H38IN5O2. The number of hydrogen-bond donors (Lipinski definition) is 2. The van der Waals surface area contributed by atoms with Crippen LogP contribution >= 0.6 is 24.0 Å². The molecule has 0 spiro atoms. The first-order chi connectivity index (χ1) is 15.1. The number of ether oxygens (including phenoxy) is 2. The number of nitrogens with zero attached hydrogens (tertiary/aromatic N) is 3. The van der Waals surface area contributed by atoms with Gasteiger partial charge in [-0.3, -0.25) is 4.99 Å². The van der Waals surface area contributed by atoms with Gasteiger partial charge in [0.05, 0.1) is 7.11 Å². The zero-order chi connectivity index (χ0) is 22.5. The van der Waals surface area contributed by atoms with E-state index in [0.29, 0.717) is 18.5 Å². The van der Waals surface area contributed by atoms with E-state index in [2.05, 4.69) is 46.3 Å². The first kappa shape index (κ1) is 28.0. The molecule has 2 rings (SSSR count). The van der Waals surface area contributed by atoms with Crippen molar-refractivity contribution in [1.82, 2.24) is 20.5 Å². The highest BCUT2D eigenvalue weighted by atomic mass is 127. The largest absolute Gasteiger partial charge is 0.497 e. The third-order valence-corrected chi connectivity index (χ3v) is 5.15. The molecule has 0 bridgehead atoms. The van der Waals surface area contributed by atoms with Gasteiger partial charge in [-0.05, 0) is 69.2 Å². The van der Waals surface area contributed by atoms with Crippen molar-refractivity contribution in [3.63, 3.8) is 0 Å². The van der Waals surface area contributed by atoms with Gasteiger partial charge in [0.2, 0.25) is 5.88 Å². The van der Waals surface area contributed by atoms with E-state index in [1.807, 2.05) is 42.6 Å². The number of guanidine groups is 1. The molecule has 1 atom stereocenters. The lowest BCUT2D eigenvalue weighted by Crippen LogP contribution is -2.42. The van der Waals surface area contributed by atoms with Gasteiger partial charge < -0.3 is 25.0 Å². The lowest BCUT2D eigenvalue weighted by Gasteiger charge is -2.21. The topological polar surface area (TPSA) is 71.0 Å². The van der Waals surface area contributed by atoms with Crippen LogP contribution in [-0.2, 0) is 6.54 Å². The number of rotatable bonds is 12. The predicted molar refractivity (Wildman–Crippen MR) is 143 cm³/mol. The fourth-order valence-corrected chi connectivity index (χ4v) is 3.19. The Bertz CT molecular complexity index is 780. The predicted octanol–water partition coefficient (Wildman–Crippen LogP) is 4.68. The minimum Gasteiger partial charge on any atom is -0.497 e. The van der Waals surface area contributed by atoms with Gasteiger partial charge in [0.25, 0.3) is 0 Å². The Morgan fingerprint density at radius 2 is 1.78 bits per heavy atom. The van der Waals surface area contributed by atoms with Crippen LogP contribution < -0.4 is 20.1 Å². The van der Waals surface area contributed by atoms with Crippen LogP contribution in [0.3, 0.4) is 0 Å². The van der Waals surface area contributed by atoms with Crippen molar-refractivity contribution in [2.75, 3.05) is 33.8 Å². The summed E-state index contributed by atoms with van der Waals surface area (Å²) in [7, 11) is 3.44. The molecule has 0 radical (unpaired) electrons. The maximum Gasteiger partial charge on any atom is 0.219 e. The van der Waals surface area contributed by atoms with Crippen molar-refractivity contribution in [1.29, 1.82) is 0 Å². The maximum atomic E-state index is 5.78. The minimum absolute atomic E-state index is 0. The van der Waals surface area contributed by atoms with Gasteiger partial charge >= 0.3 is 0 Å². The molecule has 32 heavy (non-hydrogen) atoms. The average molecular weight is 556 g/mol. The molecule has 2 N–H and O–H groups in total. The van der Waals surface area contributed by atoms with Gasteiger partial charge in [0.1, 0.15) is 11.5 Å². The second-order valence-corrected chi connectivity index (χ2v) is 7.42. The zero-order valence-corrected chi connectivity index (χ0v) is 22.3. The number of nitrogens with one attached hydrogen (secondary N) is 2. The van der Waals surface area contributed by atoms with E-state index in [1.54, 1.807) is 14.2 Å². The van der Waals surface area contributed by atoms with Gasteiger partial charge in [-0.15, -0.1) is 24.0 Å². The second-order valence-electron chi connectivity index (χ2n) is 7.42. The summed E-state index contributed by atoms with van der Waals surface area (Å²) in [5, 5.41) is 6.82. The normalized spacial score (nSPS) is 12.1. The molecule has 1 aromatic heterocycles. The lowest BCUT2D eigenvalue weighted by atomic mass is 10.2. The number of pyridine rings is 1. The summed E-state index contributed by atoms with van der Waals surface area (Å²) in [4.78, 5) is 11.2. The summed E-state index contributed by atoms with van der Waals surface area (Å²) >= 11 is 0.